The Labute approximate surface area is 95.1 Å². The Hall–Kier alpha value is -1.29. The number of nitrogens with zero attached hydrogens (tertiary/aromatic N) is 2. The maximum absolute atomic E-state index is 10.7. The molecule has 1 atom stereocenters. The predicted octanol–water partition coefficient (Wildman–Crippen LogP) is 2.09. The summed E-state index contributed by atoms with van der Waals surface area (Å²) in [4.78, 5) is 19.3. The van der Waals surface area contributed by atoms with Crippen LogP contribution in [0.3, 0.4) is 0 Å². The van der Waals surface area contributed by atoms with Gasteiger partial charge >= 0.3 is 0 Å². The molecule has 1 aromatic rings. The van der Waals surface area contributed by atoms with E-state index in [4.69, 9.17) is 4.74 Å². The fourth-order valence-electron chi connectivity index (χ4n) is 1.80. The molecule has 0 aliphatic heterocycles. The molecular weight excluding hydrogens is 204 g/mol. The SMILES string of the molecule is CCOC(c1nc(C)cc(C=O)n1)C1CC1. The first-order valence-electron chi connectivity index (χ1n) is 5.67. The first-order chi connectivity index (χ1) is 7.74. The van der Waals surface area contributed by atoms with Crippen molar-refractivity contribution in [1.82, 2.24) is 9.97 Å². The molecule has 1 saturated carbocycles. The van der Waals surface area contributed by atoms with Crippen molar-refractivity contribution in [2.45, 2.75) is 32.8 Å². The number of carbonyl (C=O) groups is 1. The number of rotatable bonds is 5. The van der Waals surface area contributed by atoms with Gasteiger partial charge in [0.05, 0.1) is 0 Å². The molecular formula is C12H16N2O2. The Kier molecular flexibility index (Phi) is 3.29. The Bertz CT molecular complexity index is 389. The van der Waals surface area contributed by atoms with E-state index in [1.165, 1.54) is 12.8 Å². The van der Waals surface area contributed by atoms with E-state index in [0.29, 0.717) is 24.0 Å². The van der Waals surface area contributed by atoms with Gasteiger partial charge in [0.25, 0.3) is 0 Å². The molecule has 1 fully saturated rings. The topological polar surface area (TPSA) is 52.1 Å². The number of aryl methyl sites for hydroxylation is 1. The Morgan fingerprint density at radius 1 is 1.56 bits per heavy atom. The number of ether oxygens (including phenoxy) is 1. The third kappa shape index (κ3) is 2.44. The summed E-state index contributed by atoms with van der Waals surface area (Å²) in [5.74, 6) is 1.19. The van der Waals surface area contributed by atoms with Crippen LogP contribution in [-0.4, -0.2) is 22.9 Å². The molecule has 16 heavy (non-hydrogen) atoms. The van der Waals surface area contributed by atoms with E-state index < -0.39 is 0 Å². The molecule has 1 aromatic heterocycles. The van der Waals surface area contributed by atoms with Crippen LogP contribution in [0, 0.1) is 12.8 Å². The Balaban J connectivity index is 2.28. The highest BCUT2D eigenvalue weighted by Gasteiger charge is 2.35. The molecule has 0 aromatic carbocycles. The van der Waals surface area contributed by atoms with Gasteiger partial charge in [-0.2, -0.15) is 0 Å². The van der Waals surface area contributed by atoms with Crippen LogP contribution in [-0.2, 0) is 4.74 Å². The molecule has 1 aliphatic carbocycles. The molecule has 4 nitrogen and oxygen atoms in total. The summed E-state index contributed by atoms with van der Waals surface area (Å²) in [6.45, 7) is 4.48. The van der Waals surface area contributed by atoms with Crippen molar-refractivity contribution in [1.29, 1.82) is 0 Å². The van der Waals surface area contributed by atoms with Crippen LogP contribution in [0.1, 0.15) is 47.9 Å². The summed E-state index contributed by atoms with van der Waals surface area (Å²) < 4.78 is 5.67. The van der Waals surface area contributed by atoms with Crippen LogP contribution in [0.2, 0.25) is 0 Å². The van der Waals surface area contributed by atoms with Gasteiger partial charge in [-0.3, -0.25) is 4.79 Å². The zero-order chi connectivity index (χ0) is 11.5. The molecule has 1 unspecified atom stereocenters. The summed E-state index contributed by atoms with van der Waals surface area (Å²) in [6.07, 6.45) is 3.05. The summed E-state index contributed by atoms with van der Waals surface area (Å²) >= 11 is 0. The third-order valence-corrected chi connectivity index (χ3v) is 2.66. The standard InChI is InChI=1S/C12H16N2O2/c1-3-16-11(9-4-5-9)12-13-8(2)6-10(7-15)14-12/h6-7,9,11H,3-5H2,1-2H3. The van der Waals surface area contributed by atoms with E-state index in [0.717, 1.165) is 12.0 Å². The minimum absolute atomic E-state index is 0.0383. The zero-order valence-corrected chi connectivity index (χ0v) is 9.64. The highest BCUT2D eigenvalue weighted by Crippen LogP contribution is 2.42. The van der Waals surface area contributed by atoms with Crippen molar-refractivity contribution in [2.75, 3.05) is 6.61 Å². The average Bonchev–Trinajstić information content (AvgIpc) is 3.08. The number of aromatic nitrogens is 2. The van der Waals surface area contributed by atoms with Crippen molar-refractivity contribution < 1.29 is 9.53 Å². The predicted molar refractivity (Wildman–Crippen MR) is 59.2 cm³/mol. The van der Waals surface area contributed by atoms with E-state index in [-0.39, 0.29) is 6.10 Å². The van der Waals surface area contributed by atoms with Gasteiger partial charge in [-0.15, -0.1) is 0 Å². The first kappa shape index (κ1) is 11.2. The Morgan fingerprint density at radius 2 is 2.31 bits per heavy atom. The molecule has 0 saturated heterocycles. The van der Waals surface area contributed by atoms with Crippen molar-refractivity contribution in [3.63, 3.8) is 0 Å². The van der Waals surface area contributed by atoms with E-state index in [9.17, 15) is 4.79 Å². The first-order valence-corrected chi connectivity index (χ1v) is 5.67. The quantitative estimate of drug-likeness (QED) is 0.713. The number of carbonyl (C=O) groups excluding carboxylic acids is 1. The van der Waals surface area contributed by atoms with Gasteiger partial charge in [0.15, 0.2) is 12.1 Å². The minimum atomic E-state index is -0.0383. The number of aldehydes is 1. The highest BCUT2D eigenvalue weighted by molar-refractivity contribution is 5.71. The monoisotopic (exact) mass is 220 g/mol. The highest BCUT2D eigenvalue weighted by atomic mass is 16.5. The van der Waals surface area contributed by atoms with Gasteiger partial charge < -0.3 is 4.74 Å². The molecule has 0 amide bonds. The van der Waals surface area contributed by atoms with Crippen LogP contribution in [0.4, 0.5) is 0 Å². The summed E-state index contributed by atoms with van der Waals surface area (Å²) in [5, 5.41) is 0. The normalized spacial score (nSPS) is 17.1. The third-order valence-electron chi connectivity index (χ3n) is 2.66. The van der Waals surface area contributed by atoms with Crippen molar-refractivity contribution >= 4 is 6.29 Å². The summed E-state index contributed by atoms with van der Waals surface area (Å²) in [6, 6.07) is 1.69. The largest absolute Gasteiger partial charge is 0.370 e. The van der Waals surface area contributed by atoms with Gasteiger partial charge in [0.2, 0.25) is 0 Å². The molecule has 0 N–H and O–H groups in total. The van der Waals surface area contributed by atoms with E-state index >= 15 is 0 Å². The molecule has 0 radical (unpaired) electrons. The number of hydrogen-bond donors (Lipinski definition) is 0. The second-order valence-corrected chi connectivity index (χ2v) is 4.12. The number of hydrogen-bond acceptors (Lipinski definition) is 4. The average molecular weight is 220 g/mol. The zero-order valence-electron chi connectivity index (χ0n) is 9.64. The lowest BCUT2D eigenvalue weighted by atomic mass is 10.2. The van der Waals surface area contributed by atoms with Crippen LogP contribution in [0.15, 0.2) is 6.07 Å². The fourth-order valence-corrected chi connectivity index (χ4v) is 1.80. The van der Waals surface area contributed by atoms with Crippen LogP contribution >= 0.6 is 0 Å². The second-order valence-electron chi connectivity index (χ2n) is 4.12. The van der Waals surface area contributed by atoms with Gasteiger partial charge in [-0.1, -0.05) is 0 Å². The van der Waals surface area contributed by atoms with Gasteiger partial charge in [0.1, 0.15) is 11.8 Å². The van der Waals surface area contributed by atoms with Crippen LogP contribution in [0.5, 0.6) is 0 Å². The molecule has 0 spiro atoms. The summed E-state index contributed by atoms with van der Waals surface area (Å²) in [5.41, 5.74) is 1.25. The minimum Gasteiger partial charge on any atom is -0.370 e. The van der Waals surface area contributed by atoms with E-state index in [1.54, 1.807) is 6.07 Å². The smallest absolute Gasteiger partial charge is 0.168 e. The van der Waals surface area contributed by atoms with Crippen LogP contribution < -0.4 is 0 Å². The van der Waals surface area contributed by atoms with Gasteiger partial charge in [-0.25, -0.2) is 9.97 Å². The Morgan fingerprint density at radius 3 is 2.88 bits per heavy atom. The van der Waals surface area contributed by atoms with Crippen molar-refractivity contribution in [3.05, 3.63) is 23.3 Å². The molecule has 0 bridgehead atoms. The molecule has 4 heteroatoms. The van der Waals surface area contributed by atoms with E-state index in [2.05, 4.69) is 9.97 Å². The van der Waals surface area contributed by atoms with Crippen molar-refractivity contribution in [2.24, 2.45) is 5.92 Å². The van der Waals surface area contributed by atoms with Gasteiger partial charge in [-0.05, 0) is 38.7 Å². The molecule has 86 valence electrons. The lowest BCUT2D eigenvalue weighted by Gasteiger charge is -2.15. The lowest BCUT2D eigenvalue weighted by molar-refractivity contribution is 0.0398. The van der Waals surface area contributed by atoms with Crippen LogP contribution in [0.25, 0.3) is 0 Å². The molecule has 2 rings (SSSR count). The van der Waals surface area contributed by atoms with E-state index in [1.807, 2.05) is 13.8 Å². The maximum atomic E-state index is 10.7. The van der Waals surface area contributed by atoms with Gasteiger partial charge in [0, 0.05) is 12.3 Å². The maximum Gasteiger partial charge on any atom is 0.168 e. The van der Waals surface area contributed by atoms with Crippen molar-refractivity contribution in [3.8, 4) is 0 Å². The molecule has 1 heterocycles. The fraction of sp³-hybridized carbons (Fsp3) is 0.583. The summed E-state index contributed by atoms with van der Waals surface area (Å²) in [7, 11) is 0. The second kappa shape index (κ2) is 4.70. The molecule has 1 aliphatic rings. The lowest BCUT2D eigenvalue weighted by Crippen LogP contribution is -2.12.